The number of fused-ring (bicyclic) bond motifs is 5. The fourth-order valence-corrected chi connectivity index (χ4v) is 7.95. The summed E-state index contributed by atoms with van der Waals surface area (Å²) in [6, 6.07) is 0. The number of aliphatic imine (C=N–C) groups is 1. The quantitative estimate of drug-likeness (QED) is 0.678. The molecule has 4 fully saturated rings. The molecule has 0 aromatic carbocycles. The first kappa shape index (κ1) is 18.8. The van der Waals surface area contributed by atoms with E-state index in [0.717, 1.165) is 38.9 Å². The Hall–Kier alpha value is -1.19. The van der Waals surface area contributed by atoms with Crippen molar-refractivity contribution in [2.75, 3.05) is 19.6 Å². The van der Waals surface area contributed by atoms with Crippen LogP contribution in [0.5, 0.6) is 0 Å². The molecule has 1 amide bonds. The highest BCUT2D eigenvalue weighted by atomic mass is 16.2. The molecular weight excluding hydrogens is 348 g/mol. The SMILES string of the molecule is C[C@]12CCC(=O)CC1=NCC1C2CC[C@@]2(C)C1CC[C@@H]2C(=O)N1CCCCC1. The fourth-order valence-electron chi connectivity index (χ4n) is 7.95. The smallest absolute Gasteiger partial charge is 0.226 e. The molecule has 5 aliphatic rings. The van der Waals surface area contributed by atoms with Crippen LogP contribution in [0.2, 0.25) is 0 Å². The molecule has 0 N–H and O–H groups in total. The van der Waals surface area contributed by atoms with Crippen LogP contribution in [0.1, 0.15) is 78.1 Å². The maximum Gasteiger partial charge on any atom is 0.226 e. The number of Topliss-reactive ketones (excluding diaryl/α,β-unsaturated/α-hetero) is 1. The van der Waals surface area contributed by atoms with E-state index in [1.165, 1.54) is 44.2 Å². The van der Waals surface area contributed by atoms with Crippen LogP contribution in [0.3, 0.4) is 0 Å². The Morgan fingerprint density at radius 2 is 1.82 bits per heavy atom. The van der Waals surface area contributed by atoms with Gasteiger partial charge in [0.05, 0.1) is 0 Å². The maximum absolute atomic E-state index is 13.4. The molecule has 3 unspecified atom stereocenters. The third-order valence-electron chi connectivity index (χ3n) is 9.66. The monoisotopic (exact) mass is 384 g/mol. The van der Waals surface area contributed by atoms with Gasteiger partial charge in [0.25, 0.3) is 0 Å². The molecule has 2 heterocycles. The lowest BCUT2D eigenvalue weighted by atomic mass is 9.49. The van der Waals surface area contributed by atoms with Gasteiger partial charge in [0, 0.05) is 49.5 Å². The van der Waals surface area contributed by atoms with Crippen molar-refractivity contribution in [1.29, 1.82) is 0 Å². The number of amides is 1. The van der Waals surface area contributed by atoms with Crippen LogP contribution in [0.4, 0.5) is 0 Å². The molecule has 0 bridgehead atoms. The number of likely N-dealkylation sites (tertiary alicyclic amines) is 1. The minimum atomic E-state index is 0.132. The van der Waals surface area contributed by atoms with Gasteiger partial charge >= 0.3 is 0 Å². The Bertz CT molecular complexity index is 709. The zero-order chi connectivity index (χ0) is 19.5. The third kappa shape index (κ3) is 2.65. The minimum absolute atomic E-state index is 0.132. The third-order valence-corrected chi connectivity index (χ3v) is 9.66. The van der Waals surface area contributed by atoms with Crippen LogP contribution in [0.15, 0.2) is 4.99 Å². The molecule has 6 atom stereocenters. The van der Waals surface area contributed by atoms with E-state index in [1.807, 2.05) is 0 Å². The average Bonchev–Trinajstić information content (AvgIpc) is 3.06. The molecule has 154 valence electrons. The highest BCUT2D eigenvalue weighted by molar-refractivity contribution is 6.07. The molecule has 28 heavy (non-hydrogen) atoms. The van der Waals surface area contributed by atoms with Crippen molar-refractivity contribution in [1.82, 2.24) is 4.90 Å². The van der Waals surface area contributed by atoms with Crippen molar-refractivity contribution < 1.29 is 9.59 Å². The molecule has 0 spiro atoms. The summed E-state index contributed by atoms with van der Waals surface area (Å²) in [5.74, 6) is 2.96. The van der Waals surface area contributed by atoms with Gasteiger partial charge in [-0.3, -0.25) is 14.6 Å². The van der Waals surface area contributed by atoms with Gasteiger partial charge in [-0.15, -0.1) is 0 Å². The Morgan fingerprint density at radius 3 is 2.61 bits per heavy atom. The van der Waals surface area contributed by atoms with Gasteiger partial charge in [0.15, 0.2) is 0 Å². The van der Waals surface area contributed by atoms with Crippen LogP contribution in [-0.4, -0.2) is 41.9 Å². The van der Waals surface area contributed by atoms with E-state index >= 15 is 0 Å². The van der Waals surface area contributed by atoms with E-state index in [2.05, 4.69) is 18.7 Å². The van der Waals surface area contributed by atoms with E-state index in [1.54, 1.807) is 0 Å². The number of hydrogen-bond acceptors (Lipinski definition) is 3. The molecule has 2 aliphatic heterocycles. The zero-order valence-electron chi connectivity index (χ0n) is 17.7. The van der Waals surface area contributed by atoms with E-state index in [4.69, 9.17) is 4.99 Å². The van der Waals surface area contributed by atoms with Crippen molar-refractivity contribution in [2.24, 2.45) is 39.5 Å². The number of piperidine rings is 1. The lowest BCUT2D eigenvalue weighted by Gasteiger charge is -2.56. The van der Waals surface area contributed by atoms with E-state index < -0.39 is 0 Å². The topological polar surface area (TPSA) is 49.7 Å². The number of hydrogen-bond donors (Lipinski definition) is 0. The summed E-state index contributed by atoms with van der Waals surface area (Å²) in [7, 11) is 0. The first-order valence-electron chi connectivity index (χ1n) is 11.8. The van der Waals surface area contributed by atoms with Crippen molar-refractivity contribution in [3.63, 3.8) is 0 Å². The Balaban J connectivity index is 1.39. The Kier molecular flexibility index (Phi) is 4.48. The Morgan fingerprint density at radius 1 is 1.04 bits per heavy atom. The lowest BCUT2D eigenvalue weighted by Crippen LogP contribution is -2.55. The standard InChI is InChI=1S/C24H36N2O2/c1-23-11-9-19-17(15-25-21-14-16(27)8-10-24(19,21)2)18(23)6-7-20(23)22(28)26-12-4-3-5-13-26/h17-20H,3-15H2,1-2H3/t17?,18?,19?,20-,23+,24-/m1/s1. The van der Waals surface area contributed by atoms with Gasteiger partial charge in [0.2, 0.25) is 5.91 Å². The lowest BCUT2D eigenvalue weighted by molar-refractivity contribution is -0.143. The molecule has 4 heteroatoms. The van der Waals surface area contributed by atoms with Crippen LogP contribution in [-0.2, 0) is 9.59 Å². The normalized spacial score (nSPS) is 45.7. The summed E-state index contributed by atoms with van der Waals surface area (Å²) in [4.78, 5) is 32.6. The largest absolute Gasteiger partial charge is 0.342 e. The molecule has 5 rings (SSSR count). The van der Waals surface area contributed by atoms with Gasteiger partial charge in [-0.25, -0.2) is 0 Å². The predicted molar refractivity (Wildman–Crippen MR) is 110 cm³/mol. The van der Waals surface area contributed by atoms with Gasteiger partial charge in [-0.05, 0) is 74.5 Å². The molecule has 0 aromatic heterocycles. The molecule has 1 saturated heterocycles. The number of nitrogens with zero attached hydrogens (tertiary/aromatic N) is 2. The van der Waals surface area contributed by atoms with Crippen LogP contribution >= 0.6 is 0 Å². The highest BCUT2D eigenvalue weighted by Crippen LogP contribution is 2.63. The van der Waals surface area contributed by atoms with E-state index in [9.17, 15) is 9.59 Å². The molecule has 0 aromatic rings. The Labute approximate surface area is 169 Å². The van der Waals surface area contributed by atoms with Gasteiger partial charge in [0.1, 0.15) is 5.78 Å². The van der Waals surface area contributed by atoms with Crippen LogP contribution in [0.25, 0.3) is 0 Å². The van der Waals surface area contributed by atoms with Crippen molar-refractivity contribution >= 4 is 17.4 Å². The van der Waals surface area contributed by atoms with Gasteiger partial charge in [-0.2, -0.15) is 0 Å². The predicted octanol–water partition coefficient (Wildman–Crippen LogP) is 4.27. The maximum atomic E-state index is 13.4. The molecule has 3 saturated carbocycles. The second-order valence-corrected chi connectivity index (χ2v) is 10.9. The average molecular weight is 385 g/mol. The van der Waals surface area contributed by atoms with E-state index in [-0.39, 0.29) is 16.7 Å². The van der Waals surface area contributed by atoms with E-state index in [0.29, 0.717) is 35.9 Å². The molecule has 4 nitrogen and oxygen atoms in total. The number of carbonyl (C=O) groups is 2. The van der Waals surface area contributed by atoms with Crippen molar-refractivity contribution in [3.05, 3.63) is 0 Å². The molecular formula is C24H36N2O2. The van der Waals surface area contributed by atoms with Gasteiger partial charge in [-0.1, -0.05) is 13.8 Å². The molecule has 0 radical (unpaired) electrons. The van der Waals surface area contributed by atoms with Crippen molar-refractivity contribution in [2.45, 2.75) is 78.1 Å². The summed E-state index contributed by atoms with van der Waals surface area (Å²) >= 11 is 0. The minimum Gasteiger partial charge on any atom is -0.342 e. The summed E-state index contributed by atoms with van der Waals surface area (Å²) in [6.45, 7) is 7.67. The summed E-state index contributed by atoms with van der Waals surface area (Å²) < 4.78 is 0. The van der Waals surface area contributed by atoms with Crippen LogP contribution < -0.4 is 0 Å². The number of carbonyl (C=O) groups excluding carboxylic acids is 2. The van der Waals surface area contributed by atoms with Gasteiger partial charge < -0.3 is 4.90 Å². The first-order valence-corrected chi connectivity index (χ1v) is 11.8. The number of rotatable bonds is 1. The fraction of sp³-hybridized carbons (Fsp3) is 0.875. The second-order valence-electron chi connectivity index (χ2n) is 10.9. The second kappa shape index (κ2) is 6.67. The summed E-state index contributed by atoms with van der Waals surface area (Å²) in [5, 5.41) is 0. The summed E-state index contributed by atoms with van der Waals surface area (Å²) in [6.07, 6.45) is 10.6. The van der Waals surface area contributed by atoms with Crippen molar-refractivity contribution in [3.8, 4) is 0 Å². The number of ketones is 1. The summed E-state index contributed by atoms with van der Waals surface area (Å²) in [5.41, 5.74) is 1.49. The zero-order valence-corrected chi connectivity index (χ0v) is 17.7. The molecule has 3 aliphatic carbocycles. The first-order chi connectivity index (χ1) is 13.4. The van der Waals surface area contributed by atoms with Crippen LogP contribution in [0, 0.1) is 34.5 Å². The highest BCUT2D eigenvalue weighted by Gasteiger charge is 2.60.